The van der Waals surface area contributed by atoms with E-state index in [4.69, 9.17) is 0 Å². The zero-order valence-electron chi connectivity index (χ0n) is 30.5. The molecule has 0 saturated heterocycles. The van der Waals surface area contributed by atoms with Crippen LogP contribution in [0.4, 0.5) is 34.1 Å². The zero-order chi connectivity index (χ0) is 37.4. The maximum Gasteiger partial charge on any atom is 0.338 e. The standard InChI is InChI=1S/C51H36N4O/c56-51-54(47-31-27-37-33-45(29-25-39(37)35-47)52(41-15-5-1-6-16-41)42-17-7-2-8-18-42)49-23-13-14-24-50(49)55(51)48-32-28-38-34-46(30-26-40(38)36-48)53(43-19-9-3-10-20-43)44-21-11-4-12-22-44/h1-36H. The first-order chi connectivity index (χ1) is 27.7. The molecular weight excluding hydrogens is 685 g/mol. The van der Waals surface area contributed by atoms with Crippen molar-refractivity contribution in [2.24, 2.45) is 0 Å². The Bertz CT molecular complexity index is 2760. The predicted octanol–water partition coefficient (Wildman–Crippen LogP) is 13.0. The highest BCUT2D eigenvalue weighted by Gasteiger charge is 2.18. The number of nitrogens with zero attached hydrogens (tertiary/aromatic N) is 4. The van der Waals surface area contributed by atoms with Gasteiger partial charge in [0, 0.05) is 34.1 Å². The minimum Gasteiger partial charge on any atom is -0.310 e. The molecule has 10 aromatic rings. The molecule has 0 fully saturated rings. The van der Waals surface area contributed by atoms with Crippen molar-refractivity contribution < 1.29 is 0 Å². The fourth-order valence-corrected chi connectivity index (χ4v) is 7.85. The van der Waals surface area contributed by atoms with Gasteiger partial charge in [-0.2, -0.15) is 0 Å². The van der Waals surface area contributed by atoms with Crippen LogP contribution in [-0.2, 0) is 0 Å². The van der Waals surface area contributed by atoms with Crippen LogP contribution in [0, 0.1) is 0 Å². The van der Waals surface area contributed by atoms with Gasteiger partial charge in [-0.25, -0.2) is 4.79 Å². The van der Waals surface area contributed by atoms with Gasteiger partial charge in [0.15, 0.2) is 0 Å². The van der Waals surface area contributed by atoms with Crippen molar-refractivity contribution in [3.8, 4) is 11.4 Å². The van der Waals surface area contributed by atoms with Gasteiger partial charge >= 0.3 is 5.69 Å². The Morgan fingerprint density at radius 1 is 0.286 bits per heavy atom. The predicted molar refractivity (Wildman–Crippen MR) is 233 cm³/mol. The van der Waals surface area contributed by atoms with Gasteiger partial charge in [-0.1, -0.05) is 109 Å². The van der Waals surface area contributed by atoms with E-state index in [2.05, 4.69) is 168 Å². The lowest BCUT2D eigenvalue weighted by atomic mass is 10.1. The summed E-state index contributed by atoms with van der Waals surface area (Å²) in [7, 11) is 0. The molecule has 10 rings (SSSR count). The highest BCUT2D eigenvalue weighted by Crippen LogP contribution is 2.38. The van der Waals surface area contributed by atoms with Crippen molar-refractivity contribution in [1.82, 2.24) is 9.13 Å². The van der Waals surface area contributed by atoms with E-state index in [0.717, 1.165) is 78.1 Å². The molecule has 0 aliphatic rings. The van der Waals surface area contributed by atoms with Crippen LogP contribution in [0.1, 0.15) is 0 Å². The largest absolute Gasteiger partial charge is 0.338 e. The van der Waals surface area contributed by atoms with Gasteiger partial charge in [-0.15, -0.1) is 0 Å². The van der Waals surface area contributed by atoms with Gasteiger partial charge in [0.2, 0.25) is 0 Å². The number of benzene rings is 9. The maximum absolute atomic E-state index is 14.6. The molecule has 5 heteroatoms. The molecule has 0 spiro atoms. The first-order valence-electron chi connectivity index (χ1n) is 18.8. The summed E-state index contributed by atoms with van der Waals surface area (Å²) in [5, 5.41) is 4.29. The molecular formula is C51H36N4O. The van der Waals surface area contributed by atoms with Gasteiger partial charge in [-0.3, -0.25) is 9.13 Å². The van der Waals surface area contributed by atoms with Crippen LogP contribution >= 0.6 is 0 Å². The second kappa shape index (κ2) is 14.0. The van der Waals surface area contributed by atoms with Crippen LogP contribution in [-0.4, -0.2) is 9.13 Å². The van der Waals surface area contributed by atoms with Gasteiger partial charge in [-0.05, 0) is 131 Å². The number of fused-ring (bicyclic) bond motifs is 3. The molecule has 0 atom stereocenters. The topological polar surface area (TPSA) is 33.4 Å². The van der Waals surface area contributed by atoms with E-state index < -0.39 is 0 Å². The Morgan fingerprint density at radius 2 is 0.589 bits per heavy atom. The molecule has 0 bridgehead atoms. The van der Waals surface area contributed by atoms with Crippen LogP contribution < -0.4 is 15.5 Å². The number of imidazole rings is 1. The van der Waals surface area contributed by atoms with Crippen molar-refractivity contribution in [2.45, 2.75) is 0 Å². The molecule has 56 heavy (non-hydrogen) atoms. The Balaban J connectivity index is 1.04. The first kappa shape index (κ1) is 33.0. The van der Waals surface area contributed by atoms with Crippen LogP contribution in [0.15, 0.2) is 223 Å². The highest BCUT2D eigenvalue weighted by atomic mass is 16.1. The lowest BCUT2D eigenvalue weighted by Crippen LogP contribution is -2.22. The number of para-hydroxylation sites is 6. The lowest BCUT2D eigenvalue weighted by molar-refractivity contribution is 0.933. The van der Waals surface area contributed by atoms with E-state index in [1.165, 1.54) is 0 Å². The molecule has 0 aliphatic heterocycles. The van der Waals surface area contributed by atoms with Crippen LogP contribution in [0.5, 0.6) is 0 Å². The maximum atomic E-state index is 14.6. The third-order valence-corrected chi connectivity index (χ3v) is 10.5. The summed E-state index contributed by atoms with van der Waals surface area (Å²) in [4.78, 5) is 19.1. The first-order valence-corrected chi connectivity index (χ1v) is 18.8. The second-order valence-electron chi connectivity index (χ2n) is 13.9. The summed E-state index contributed by atoms with van der Waals surface area (Å²) in [6.07, 6.45) is 0. The van der Waals surface area contributed by atoms with Crippen LogP contribution in [0.2, 0.25) is 0 Å². The second-order valence-corrected chi connectivity index (χ2v) is 13.9. The van der Waals surface area contributed by atoms with E-state index >= 15 is 0 Å². The summed E-state index contributed by atoms with van der Waals surface area (Å²) in [5.74, 6) is 0. The van der Waals surface area contributed by atoms with Crippen molar-refractivity contribution in [3.05, 3.63) is 229 Å². The average Bonchev–Trinajstić information content (AvgIpc) is 3.56. The van der Waals surface area contributed by atoms with Gasteiger partial charge in [0.1, 0.15) is 0 Å². The number of aromatic nitrogens is 2. The summed E-state index contributed by atoms with van der Waals surface area (Å²) >= 11 is 0. The smallest absolute Gasteiger partial charge is 0.310 e. The summed E-state index contributed by atoms with van der Waals surface area (Å²) < 4.78 is 3.65. The van der Waals surface area contributed by atoms with Crippen molar-refractivity contribution in [3.63, 3.8) is 0 Å². The summed E-state index contributed by atoms with van der Waals surface area (Å²) in [5.41, 5.74) is 9.70. The summed E-state index contributed by atoms with van der Waals surface area (Å²) in [6, 6.07) is 75.2. The fraction of sp³-hybridized carbons (Fsp3) is 0. The lowest BCUT2D eigenvalue weighted by Gasteiger charge is -2.25. The van der Waals surface area contributed by atoms with Crippen LogP contribution in [0.3, 0.4) is 0 Å². The quantitative estimate of drug-likeness (QED) is 0.157. The van der Waals surface area contributed by atoms with Crippen molar-refractivity contribution >= 4 is 66.7 Å². The highest BCUT2D eigenvalue weighted by molar-refractivity contribution is 5.93. The number of rotatable bonds is 8. The Labute approximate surface area is 324 Å². The number of anilines is 6. The molecule has 266 valence electrons. The molecule has 9 aromatic carbocycles. The normalized spacial score (nSPS) is 11.3. The van der Waals surface area contributed by atoms with Crippen molar-refractivity contribution in [1.29, 1.82) is 0 Å². The molecule has 1 aromatic heterocycles. The molecule has 0 unspecified atom stereocenters. The third kappa shape index (κ3) is 5.88. The molecule has 0 amide bonds. The fourth-order valence-electron chi connectivity index (χ4n) is 7.85. The Kier molecular flexibility index (Phi) is 8.23. The SMILES string of the molecule is O=c1n(-c2ccc3cc(N(c4ccccc4)c4ccccc4)ccc3c2)c2ccccc2n1-c1ccc2cc(N(c3ccccc3)c3ccccc3)ccc2c1. The van der Waals surface area contributed by atoms with Gasteiger partial charge in [0.25, 0.3) is 0 Å². The van der Waals surface area contributed by atoms with Crippen molar-refractivity contribution in [2.75, 3.05) is 9.80 Å². The average molecular weight is 721 g/mol. The summed E-state index contributed by atoms with van der Waals surface area (Å²) in [6.45, 7) is 0. The van der Waals surface area contributed by atoms with Crippen LogP contribution in [0.25, 0.3) is 44.0 Å². The Hall–Kier alpha value is -7.63. The van der Waals surface area contributed by atoms with E-state index in [1.807, 2.05) is 69.8 Å². The molecule has 1 heterocycles. The number of hydrogen-bond donors (Lipinski definition) is 0. The van der Waals surface area contributed by atoms with E-state index in [-0.39, 0.29) is 5.69 Å². The van der Waals surface area contributed by atoms with E-state index in [1.54, 1.807) is 0 Å². The molecule has 0 aliphatic carbocycles. The minimum absolute atomic E-state index is 0.114. The molecule has 0 radical (unpaired) electrons. The molecule has 0 saturated carbocycles. The monoisotopic (exact) mass is 720 g/mol. The Morgan fingerprint density at radius 3 is 0.946 bits per heavy atom. The molecule has 5 nitrogen and oxygen atoms in total. The van der Waals surface area contributed by atoms with E-state index in [9.17, 15) is 4.79 Å². The minimum atomic E-state index is -0.114. The zero-order valence-corrected chi connectivity index (χ0v) is 30.5. The van der Waals surface area contributed by atoms with Gasteiger partial charge in [0.05, 0.1) is 22.4 Å². The number of hydrogen-bond acceptors (Lipinski definition) is 3. The molecule has 0 N–H and O–H groups in total. The van der Waals surface area contributed by atoms with E-state index in [0.29, 0.717) is 0 Å². The third-order valence-electron chi connectivity index (χ3n) is 10.5. The van der Waals surface area contributed by atoms with Gasteiger partial charge < -0.3 is 9.80 Å².